The molecular formula is C21H25N5O. The minimum atomic E-state index is -0.0473. The third kappa shape index (κ3) is 4.52. The molecule has 1 saturated heterocycles. The molecule has 4 rings (SSSR count). The highest BCUT2D eigenvalue weighted by atomic mass is 16.1. The summed E-state index contributed by atoms with van der Waals surface area (Å²) in [6.07, 6.45) is 5.89. The van der Waals surface area contributed by atoms with Crippen LogP contribution in [0.3, 0.4) is 0 Å². The van der Waals surface area contributed by atoms with E-state index in [4.69, 9.17) is 0 Å². The molecular weight excluding hydrogens is 338 g/mol. The number of aryl methyl sites for hydroxylation is 1. The van der Waals surface area contributed by atoms with Crippen molar-refractivity contribution in [1.29, 1.82) is 0 Å². The Balaban J connectivity index is 1.36. The number of H-pyrrole nitrogens is 1. The van der Waals surface area contributed by atoms with Gasteiger partial charge < -0.3 is 4.98 Å². The van der Waals surface area contributed by atoms with E-state index in [-0.39, 0.29) is 5.56 Å². The van der Waals surface area contributed by atoms with Gasteiger partial charge in [0.25, 0.3) is 5.56 Å². The number of nitrogens with one attached hydrogen (secondary N) is 1. The van der Waals surface area contributed by atoms with Crippen molar-refractivity contribution in [2.45, 2.75) is 38.8 Å². The van der Waals surface area contributed by atoms with E-state index in [9.17, 15) is 4.79 Å². The van der Waals surface area contributed by atoms with Crippen LogP contribution in [-0.4, -0.2) is 37.7 Å². The first-order chi connectivity index (χ1) is 13.2. The zero-order valence-corrected chi connectivity index (χ0v) is 15.6. The number of aromatic amines is 1. The summed E-state index contributed by atoms with van der Waals surface area (Å²) in [6.45, 7) is 5.66. The molecule has 0 atom stereocenters. The molecule has 0 saturated carbocycles. The van der Waals surface area contributed by atoms with Crippen LogP contribution in [0.5, 0.6) is 0 Å². The van der Waals surface area contributed by atoms with Gasteiger partial charge in [0.15, 0.2) is 0 Å². The predicted molar refractivity (Wildman–Crippen MR) is 105 cm³/mol. The monoisotopic (exact) mass is 363 g/mol. The third-order valence-corrected chi connectivity index (χ3v) is 5.19. The summed E-state index contributed by atoms with van der Waals surface area (Å²) in [5.74, 6) is 1.09. The first-order valence-corrected chi connectivity index (χ1v) is 9.51. The molecule has 27 heavy (non-hydrogen) atoms. The van der Waals surface area contributed by atoms with Crippen LogP contribution in [0, 0.1) is 6.92 Å². The van der Waals surface area contributed by atoms with E-state index in [0.29, 0.717) is 11.7 Å². The lowest BCUT2D eigenvalue weighted by atomic mass is 9.93. The lowest BCUT2D eigenvalue weighted by molar-refractivity contribution is 0.203. The van der Waals surface area contributed by atoms with Gasteiger partial charge in [-0.15, -0.1) is 0 Å². The van der Waals surface area contributed by atoms with Crippen LogP contribution in [0.25, 0.3) is 0 Å². The van der Waals surface area contributed by atoms with Crippen molar-refractivity contribution >= 4 is 0 Å². The molecule has 0 aliphatic carbocycles. The van der Waals surface area contributed by atoms with Crippen LogP contribution < -0.4 is 5.56 Å². The summed E-state index contributed by atoms with van der Waals surface area (Å²) in [4.78, 5) is 21.4. The maximum absolute atomic E-state index is 11.7. The van der Waals surface area contributed by atoms with Gasteiger partial charge in [-0.25, -0.2) is 4.98 Å². The Bertz CT molecular complexity index is 939. The highest BCUT2D eigenvalue weighted by molar-refractivity contribution is 5.24. The number of likely N-dealkylation sites (tertiary alicyclic amines) is 1. The number of nitrogens with zero attached hydrogens (tertiary/aromatic N) is 4. The molecule has 1 aromatic carbocycles. The fourth-order valence-electron chi connectivity index (χ4n) is 3.86. The van der Waals surface area contributed by atoms with E-state index < -0.39 is 0 Å². The molecule has 3 aromatic rings. The molecule has 1 aliphatic rings. The minimum absolute atomic E-state index is 0.0473. The van der Waals surface area contributed by atoms with Crippen LogP contribution in [0.15, 0.2) is 53.6 Å². The molecule has 0 bridgehead atoms. The number of hydrogen-bond acceptors (Lipinski definition) is 4. The SMILES string of the molecule is Cc1nc(C2CCN(Cc3cccc(Cn4cccn4)c3)CC2)cc(=O)[nH]1. The standard InChI is InChI=1S/C21H25N5O/c1-16-23-20(13-21(27)24-16)19-6-10-25(11-7-19)14-17-4-2-5-18(12-17)15-26-9-3-8-22-26/h2-5,8-9,12-13,19H,6-7,10-11,14-15H2,1H3,(H,23,24,27). The maximum atomic E-state index is 11.7. The topological polar surface area (TPSA) is 66.8 Å². The van der Waals surface area contributed by atoms with Crippen molar-refractivity contribution < 1.29 is 0 Å². The molecule has 6 nitrogen and oxygen atoms in total. The molecule has 1 aliphatic heterocycles. The van der Waals surface area contributed by atoms with Gasteiger partial charge in [0.05, 0.1) is 12.2 Å². The van der Waals surface area contributed by atoms with Gasteiger partial charge >= 0.3 is 0 Å². The number of rotatable bonds is 5. The van der Waals surface area contributed by atoms with E-state index >= 15 is 0 Å². The normalized spacial score (nSPS) is 15.9. The quantitative estimate of drug-likeness (QED) is 0.757. The van der Waals surface area contributed by atoms with Gasteiger partial charge in [-0.1, -0.05) is 24.3 Å². The number of hydrogen-bond donors (Lipinski definition) is 1. The largest absolute Gasteiger partial charge is 0.311 e. The Morgan fingerprint density at radius 3 is 2.59 bits per heavy atom. The van der Waals surface area contributed by atoms with Crippen LogP contribution in [-0.2, 0) is 13.1 Å². The molecule has 0 spiro atoms. The summed E-state index contributed by atoms with van der Waals surface area (Å²) in [5.41, 5.74) is 3.50. The fourth-order valence-corrected chi connectivity index (χ4v) is 3.86. The second-order valence-electron chi connectivity index (χ2n) is 7.33. The Morgan fingerprint density at radius 2 is 1.89 bits per heavy atom. The minimum Gasteiger partial charge on any atom is -0.311 e. The Morgan fingerprint density at radius 1 is 1.11 bits per heavy atom. The van der Waals surface area contributed by atoms with Gasteiger partial charge in [0.2, 0.25) is 0 Å². The summed E-state index contributed by atoms with van der Waals surface area (Å²) in [5, 5.41) is 4.28. The van der Waals surface area contributed by atoms with Gasteiger partial charge in [-0.3, -0.25) is 14.4 Å². The van der Waals surface area contributed by atoms with Gasteiger partial charge in [-0.05, 0) is 50.0 Å². The average molecular weight is 363 g/mol. The van der Waals surface area contributed by atoms with Crippen LogP contribution >= 0.6 is 0 Å². The lowest BCUT2D eigenvalue weighted by Gasteiger charge is -2.31. The first kappa shape index (κ1) is 17.7. The summed E-state index contributed by atoms with van der Waals surface area (Å²) in [7, 11) is 0. The van der Waals surface area contributed by atoms with Crippen molar-refractivity contribution in [3.63, 3.8) is 0 Å². The number of benzene rings is 1. The summed E-state index contributed by atoms with van der Waals surface area (Å²) >= 11 is 0. The van der Waals surface area contributed by atoms with E-state index in [0.717, 1.165) is 44.7 Å². The number of piperidine rings is 1. The third-order valence-electron chi connectivity index (χ3n) is 5.19. The highest BCUT2D eigenvalue weighted by Gasteiger charge is 2.22. The van der Waals surface area contributed by atoms with E-state index in [1.807, 2.05) is 30.1 Å². The smallest absolute Gasteiger partial charge is 0.251 e. The van der Waals surface area contributed by atoms with Crippen molar-refractivity contribution in [2.24, 2.45) is 0 Å². The second-order valence-corrected chi connectivity index (χ2v) is 7.33. The molecule has 0 unspecified atom stereocenters. The van der Waals surface area contributed by atoms with E-state index in [1.165, 1.54) is 11.1 Å². The van der Waals surface area contributed by atoms with Gasteiger partial charge in [0.1, 0.15) is 5.82 Å². The maximum Gasteiger partial charge on any atom is 0.251 e. The van der Waals surface area contributed by atoms with Gasteiger partial charge in [-0.2, -0.15) is 5.10 Å². The van der Waals surface area contributed by atoms with E-state index in [2.05, 4.69) is 44.2 Å². The molecule has 3 heterocycles. The van der Waals surface area contributed by atoms with Crippen LogP contribution in [0.4, 0.5) is 0 Å². The van der Waals surface area contributed by atoms with Crippen molar-refractivity contribution in [3.8, 4) is 0 Å². The highest BCUT2D eigenvalue weighted by Crippen LogP contribution is 2.26. The van der Waals surface area contributed by atoms with Crippen molar-refractivity contribution in [3.05, 3.63) is 81.8 Å². The molecule has 2 aromatic heterocycles. The average Bonchev–Trinajstić information content (AvgIpc) is 3.15. The molecule has 140 valence electrons. The van der Waals surface area contributed by atoms with Crippen LogP contribution in [0.2, 0.25) is 0 Å². The van der Waals surface area contributed by atoms with E-state index in [1.54, 1.807) is 6.07 Å². The summed E-state index contributed by atoms with van der Waals surface area (Å²) < 4.78 is 1.95. The molecule has 6 heteroatoms. The summed E-state index contributed by atoms with van der Waals surface area (Å²) in [6, 6.07) is 12.4. The molecule has 0 amide bonds. The predicted octanol–water partition coefficient (Wildman–Crippen LogP) is 2.70. The van der Waals surface area contributed by atoms with Gasteiger partial charge in [0, 0.05) is 30.9 Å². The van der Waals surface area contributed by atoms with Crippen molar-refractivity contribution in [2.75, 3.05) is 13.1 Å². The zero-order valence-electron chi connectivity index (χ0n) is 15.6. The Hall–Kier alpha value is -2.73. The van der Waals surface area contributed by atoms with Crippen molar-refractivity contribution in [1.82, 2.24) is 24.6 Å². The fraction of sp³-hybridized carbons (Fsp3) is 0.381. The van der Waals surface area contributed by atoms with Crippen LogP contribution in [0.1, 0.15) is 41.4 Å². The molecule has 1 N–H and O–H groups in total. The second kappa shape index (κ2) is 7.88. The molecule has 1 fully saturated rings. The Kier molecular flexibility index (Phi) is 5.16. The molecule has 0 radical (unpaired) electrons. The Labute approximate surface area is 158 Å². The lowest BCUT2D eigenvalue weighted by Crippen LogP contribution is -2.33. The first-order valence-electron chi connectivity index (χ1n) is 9.51. The zero-order chi connectivity index (χ0) is 18.6. The number of aromatic nitrogens is 4.